The van der Waals surface area contributed by atoms with Gasteiger partial charge in [-0.2, -0.15) is 0 Å². The molecule has 1 aliphatic rings. The minimum absolute atomic E-state index is 0.349. The Morgan fingerprint density at radius 3 is 2.61 bits per heavy atom. The maximum Gasteiger partial charge on any atom is 0.115 e. The minimum Gasteiger partial charge on any atom is -0.508 e. The predicted octanol–water partition coefficient (Wildman–Crippen LogP) is 3.35. The average Bonchev–Trinajstić information content (AvgIpc) is 2.37. The van der Waals surface area contributed by atoms with Crippen molar-refractivity contribution < 1.29 is 5.11 Å². The summed E-state index contributed by atoms with van der Waals surface area (Å²) in [5.41, 5.74) is 1.29. The Bertz CT molecular complexity index is 360. The van der Waals surface area contributed by atoms with E-state index in [1.165, 1.54) is 24.8 Å². The quantitative estimate of drug-likeness (QED) is 0.855. The van der Waals surface area contributed by atoms with Crippen molar-refractivity contribution in [2.45, 2.75) is 45.6 Å². The molecule has 0 aromatic heterocycles. The smallest absolute Gasteiger partial charge is 0.115 e. The third-order valence-electron chi connectivity index (χ3n) is 4.46. The van der Waals surface area contributed by atoms with E-state index in [1.807, 2.05) is 12.1 Å². The highest BCUT2D eigenvalue weighted by atomic mass is 16.3. The van der Waals surface area contributed by atoms with Gasteiger partial charge in [0, 0.05) is 6.04 Å². The van der Waals surface area contributed by atoms with Gasteiger partial charge < -0.3 is 10.4 Å². The lowest BCUT2D eigenvalue weighted by Crippen LogP contribution is -2.41. The van der Waals surface area contributed by atoms with Gasteiger partial charge in [0.1, 0.15) is 5.75 Å². The summed E-state index contributed by atoms with van der Waals surface area (Å²) < 4.78 is 0. The monoisotopic (exact) mass is 247 g/mol. The molecule has 0 radical (unpaired) electrons. The summed E-state index contributed by atoms with van der Waals surface area (Å²) in [7, 11) is 0. The normalized spacial score (nSPS) is 28.2. The van der Waals surface area contributed by atoms with Gasteiger partial charge in [-0.3, -0.25) is 0 Å². The molecule has 1 saturated carbocycles. The van der Waals surface area contributed by atoms with E-state index in [2.05, 4.69) is 19.2 Å². The lowest BCUT2D eigenvalue weighted by atomic mass is 9.78. The van der Waals surface area contributed by atoms with Gasteiger partial charge in [-0.05, 0) is 48.9 Å². The van der Waals surface area contributed by atoms with Crippen molar-refractivity contribution in [2.75, 3.05) is 6.54 Å². The lowest BCUT2D eigenvalue weighted by Gasteiger charge is -2.34. The highest BCUT2D eigenvalue weighted by molar-refractivity contribution is 5.25. The molecule has 0 spiro atoms. The van der Waals surface area contributed by atoms with Crippen LogP contribution in [0.2, 0.25) is 0 Å². The second-order valence-corrected chi connectivity index (χ2v) is 5.74. The molecule has 3 atom stereocenters. The number of hydrogen-bond acceptors (Lipinski definition) is 2. The Morgan fingerprint density at radius 1 is 1.17 bits per heavy atom. The fraction of sp³-hybridized carbons (Fsp3) is 0.625. The molecule has 0 saturated heterocycles. The standard InChI is InChI=1S/C16H25NO/c1-12-4-3-5-16(13(12)2)17-11-10-14-6-8-15(18)9-7-14/h6-9,12-13,16-18H,3-5,10-11H2,1-2H3. The number of phenols is 1. The molecule has 0 heterocycles. The van der Waals surface area contributed by atoms with Gasteiger partial charge >= 0.3 is 0 Å². The molecule has 0 amide bonds. The largest absolute Gasteiger partial charge is 0.508 e. The first kappa shape index (κ1) is 13.4. The Labute approximate surface area is 110 Å². The number of benzene rings is 1. The molecule has 1 aromatic carbocycles. The summed E-state index contributed by atoms with van der Waals surface area (Å²) >= 11 is 0. The van der Waals surface area contributed by atoms with E-state index >= 15 is 0 Å². The van der Waals surface area contributed by atoms with Crippen LogP contribution in [0.15, 0.2) is 24.3 Å². The van der Waals surface area contributed by atoms with E-state index in [0.29, 0.717) is 11.8 Å². The van der Waals surface area contributed by atoms with Gasteiger partial charge in [-0.25, -0.2) is 0 Å². The van der Waals surface area contributed by atoms with Crippen molar-refractivity contribution in [3.8, 4) is 5.75 Å². The molecule has 18 heavy (non-hydrogen) atoms. The van der Waals surface area contributed by atoms with Gasteiger partial charge in [0.2, 0.25) is 0 Å². The lowest BCUT2D eigenvalue weighted by molar-refractivity contribution is 0.208. The zero-order valence-electron chi connectivity index (χ0n) is 11.5. The topological polar surface area (TPSA) is 32.3 Å². The van der Waals surface area contributed by atoms with E-state index in [9.17, 15) is 5.11 Å². The molecule has 1 aliphatic carbocycles. The second kappa shape index (κ2) is 6.24. The maximum absolute atomic E-state index is 9.23. The molecule has 2 heteroatoms. The van der Waals surface area contributed by atoms with Crippen LogP contribution < -0.4 is 5.32 Å². The van der Waals surface area contributed by atoms with Gasteiger partial charge in [0.25, 0.3) is 0 Å². The van der Waals surface area contributed by atoms with Gasteiger partial charge in [-0.15, -0.1) is 0 Å². The summed E-state index contributed by atoms with van der Waals surface area (Å²) in [5.74, 6) is 1.99. The fourth-order valence-corrected chi connectivity index (χ4v) is 2.93. The summed E-state index contributed by atoms with van der Waals surface area (Å²) in [6, 6.07) is 8.22. The third-order valence-corrected chi connectivity index (χ3v) is 4.46. The maximum atomic E-state index is 9.23. The second-order valence-electron chi connectivity index (χ2n) is 5.74. The molecule has 100 valence electrons. The molecular formula is C16H25NO. The first-order valence-electron chi connectivity index (χ1n) is 7.18. The highest BCUT2D eigenvalue weighted by Crippen LogP contribution is 2.29. The van der Waals surface area contributed by atoms with Crippen molar-refractivity contribution in [2.24, 2.45) is 11.8 Å². The van der Waals surface area contributed by atoms with Crippen LogP contribution in [0.25, 0.3) is 0 Å². The summed E-state index contributed by atoms with van der Waals surface area (Å²) in [6.07, 6.45) is 5.11. The van der Waals surface area contributed by atoms with Crippen LogP contribution in [0.3, 0.4) is 0 Å². The number of phenolic OH excluding ortho intramolecular Hbond substituents is 1. The summed E-state index contributed by atoms with van der Waals surface area (Å²) in [5, 5.41) is 12.9. The van der Waals surface area contributed by atoms with E-state index in [-0.39, 0.29) is 0 Å². The molecule has 0 bridgehead atoms. The molecule has 1 aromatic rings. The van der Waals surface area contributed by atoms with Crippen LogP contribution in [0.4, 0.5) is 0 Å². The van der Waals surface area contributed by atoms with E-state index in [1.54, 1.807) is 12.1 Å². The predicted molar refractivity (Wildman–Crippen MR) is 75.8 cm³/mol. The van der Waals surface area contributed by atoms with Gasteiger partial charge in [0.15, 0.2) is 0 Å². The Morgan fingerprint density at radius 2 is 1.89 bits per heavy atom. The molecule has 2 nitrogen and oxygen atoms in total. The number of aromatic hydroxyl groups is 1. The summed E-state index contributed by atoms with van der Waals surface area (Å²) in [4.78, 5) is 0. The van der Waals surface area contributed by atoms with Crippen molar-refractivity contribution >= 4 is 0 Å². The number of rotatable bonds is 4. The van der Waals surface area contributed by atoms with E-state index in [4.69, 9.17) is 0 Å². The zero-order valence-corrected chi connectivity index (χ0v) is 11.5. The van der Waals surface area contributed by atoms with Crippen LogP contribution in [0.5, 0.6) is 5.75 Å². The molecule has 2 N–H and O–H groups in total. The van der Waals surface area contributed by atoms with Crippen LogP contribution in [0.1, 0.15) is 38.7 Å². The first-order chi connectivity index (χ1) is 8.66. The van der Waals surface area contributed by atoms with Gasteiger partial charge in [0.05, 0.1) is 0 Å². The zero-order chi connectivity index (χ0) is 13.0. The number of hydrogen-bond donors (Lipinski definition) is 2. The Hall–Kier alpha value is -1.02. The minimum atomic E-state index is 0.349. The Kier molecular flexibility index (Phi) is 4.65. The molecule has 1 fully saturated rings. The van der Waals surface area contributed by atoms with Crippen molar-refractivity contribution in [1.29, 1.82) is 0 Å². The Balaban J connectivity index is 1.76. The van der Waals surface area contributed by atoms with Crippen LogP contribution in [-0.2, 0) is 6.42 Å². The average molecular weight is 247 g/mol. The van der Waals surface area contributed by atoms with Crippen LogP contribution in [-0.4, -0.2) is 17.7 Å². The first-order valence-corrected chi connectivity index (χ1v) is 7.18. The van der Waals surface area contributed by atoms with E-state index in [0.717, 1.165) is 24.8 Å². The van der Waals surface area contributed by atoms with Crippen LogP contribution in [0, 0.1) is 11.8 Å². The third kappa shape index (κ3) is 3.49. The molecule has 0 aliphatic heterocycles. The molecule has 2 rings (SSSR count). The van der Waals surface area contributed by atoms with E-state index < -0.39 is 0 Å². The van der Waals surface area contributed by atoms with Gasteiger partial charge in [-0.1, -0.05) is 38.8 Å². The highest BCUT2D eigenvalue weighted by Gasteiger charge is 2.26. The van der Waals surface area contributed by atoms with Crippen molar-refractivity contribution in [1.82, 2.24) is 5.32 Å². The van der Waals surface area contributed by atoms with Crippen molar-refractivity contribution in [3.05, 3.63) is 29.8 Å². The van der Waals surface area contributed by atoms with Crippen LogP contribution >= 0.6 is 0 Å². The molecule has 3 unspecified atom stereocenters. The molecular weight excluding hydrogens is 222 g/mol. The number of nitrogens with one attached hydrogen (secondary N) is 1. The van der Waals surface area contributed by atoms with Crippen molar-refractivity contribution in [3.63, 3.8) is 0 Å². The SMILES string of the molecule is CC1CCCC(NCCc2ccc(O)cc2)C1C. The summed E-state index contributed by atoms with van der Waals surface area (Å²) in [6.45, 7) is 5.78. The fourth-order valence-electron chi connectivity index (χ4n) is 2.93.